The molecule has 0 unspecified atom stereocenters. The van der Waals surface area contributed by atoms with Crippen LogP contribution in [0.5, 0.6) is 11.5 Å². The first kappa shape index (κ1) is 13.3. The molecule has 0 bridgehead atoms. The molecule has 12 heavy (non-hydrogen) atoms. The van der Waals surface area contributed by atoms with Crippen LogP contribution in [0.3, 0.4) is 0 Å². The molecular weight excluding hydrogens is 160 g/mol. The van der Waals surface area contributed by atoms with E-state index in [2.05, 4.69) is 4.74 Å². The van der Waals surface area contributed by atoms with Crippen molar-refractivity contribution < 1.29 is 20.4 Å². The first-order chi connectivity index (χ1) is 5.20. The van der Waals surface area contributed by atoms with Gasteiger partial charge >= 0.3 is 0 Å². The number of rotatable bonds is 0. The quantitative estimate of drug-likeness (QED) is 0.563. The normalized spacial score (nSPS) is 7.50. The molecule has 0 fully saturated rings. The fourth-order valence-electron chi connectivity index (χ4n) is 0.453. The molecule has 0 heterocycles. The van der Waals surface area contributed by atoms with Gasteiger partial charge in [0.2, 0.25) is 0 Å². The van der Waals surface area contributed by atoms with Crippen molar-refractivity contribution in [3.8, 4) is 11.5 Å². The number of phenolic OH excluding ortho intramolecular Hbond substituents is 2. The molecule has 1 aromatic carbocycles. The van der Waals surface area contributed by atoms with Crippen LogP contribution in [0.2, 0.25) is 0 Å². The molecule has 4 nitrogen and oxygen atoms in total. The van der Waals surface area contributed by atoms with E-state index in [1.165, 1.54) is 24.3 Å². The summed E-state index contributed by atoms with van der Waals surface area (Å²) in [6.45, 7) is 0. The largest absolute Gasteiger partial charge is 0.508 e. The number of aromatic hydroxyl groups is 2. The lowest BCUT2D eigenvalue weighted by Crippen LogP contribution is -1.61. The molecule has 0 saturated heterocycles. The SMILES string of the molecule is COC.O.Oc1ccc(O)cc1. The van der Waals surface area contributed by atoms with E-state index in [1.807, 2.05) is 0 Å². The summed E-state index contributed by atoms with van der Waals surface area (Å²) in [6.07, 6.45) is 0. The lowest BCUT2D eigenvalue weighted by Gasteiger charge is -1.88. The maximum atomic E-state index is 8.65. The average Bonchev–Trinajstić information content (AvgIpc) is 1.97. The van der Waals surface area contributed by atoms with Crippen LogP contribution in [0.1, 0.15) is 0 Å². The van der Waals surface area contributed by atoms with Crippen molar-refractivity contribution in [1.29, 1.82) is 0 Å². The van der Waals surface area contributed by atoms with Crippen LogP contribution in [0.4, 0.5) is 0 Å². The molecule has 0 saturated carbocycles. The summed E-state index contributed by atoms with van der Waals surface area (Å²) in [5.74, 6) is 0.339. The van der Waals surface area contributed by atoms with Crippen molar-refractivity contribution in [2.45, 2.75) is 0 Å². The van der Waals surface area contributed by atoms with E-state index in [9.17, 15) is 0 Å². The number of benzene rings is 1. The highest BCUT2D eigenvalue weighted by molar-refractivity contribution is 5.28. The zero-order chi connectivity index (χ0) is 8.69. The monoisotopic (exact) mass is 174 g/mol. The Bertz CT molecular complexity index is 162. The first-order valence-corrected chi connectivity index (χ1v) is 3.09. The summed E-state index contributed by atoms with van der Waals surface area (Å²) in [5, 5.41) is 17.3. The van der Waals surface area contributed by atoms with Crippen LogP contribution >= 0.6 is 0 Å². The summed E-state index contributed by atoms with van der Waals surface area (Å²) >= 11 is 0. The van der Waals surface area contributed by atoms with Crippen molar-refractivity contribution in [3.63, 3.8) is 0 Å². The van der Waals surface area contributed by atoms with Gasteiger partial charge in [0.05, 0.1) is 0 Å². The van der Waals surface area contributed by atoms with Crippen molar-refractivity contribution in [3.05, 3.63) is 24.3 Å². The van der Waals surface area contributed by atoms with Crippen LogP contribution < -0.4 is 0 Å². The molecule has 0 spiro atoms. The van der Waals surface area contributed by atoms with Crippen LogP contribution in [0, 0.1) is 0 Å². The van der Waals surface area contributed by atoms with E-state index in [4.69, 9.17) is 10.2 Å². The second-order valence-electron chi connectivity index (χ2n) is 1.92. The highest BCUT2D eigenvalue weighted by Gasteiger charge is 1.84. The third kappa shape index (κ3) is 6.85. The molecule has 0 amide bonds. The molecule has 1 aromatic rings. The van der Waals surface area contributed by atoms with Gasteiger partial charge in [-0.1, -0.05) is 0 Å². The highest BCUT2D eigenvalue weighted by atomic mass is 16.4. The molecular formula is C8H14O4. The van der Waals surface area contributed by atoms with Gasteiger partial charge in [-0.15, -0.1) is 0 Å². The number of hydrogen-bond donors (Lipinski definition) is 2. The predicted octanol–water partition coefficient (Wildman–Crippen LogP) is 0.536. The van der Waals surface area contributed by atoms with Crippen molar-refractivity contribution in [1.82, 2.24) is 0 Å². The molecule has 0 aromatic heterocycles. The van der Waals surface area contributed by atoms with E-state index in [0.29, 0.717) is 0 Å². The standard InChI is InChI=1S/C6H6O2.C2H6O.H2O/c7-5-1-2-6(8)4-3-5;1-3-2;/h1-4,7-8H;1-2H3;1H2. The van der Waals surface area contributed by atoms with E-state index in [-0.39, 0.29) is 17.0 Å². The number of hydrogen-bond acceptors (Lipinski definition) is 3. The summed E-state index contributed by atoms with van der Waals surface area (Å²) in [5.41, 5.74) is 0. The van der Waals surface area contributed by atoms with E-state index in [1.54, 1.807) is 14.2 Å². The van der Waals surface area contributed by atoms with Crippen LogP contribution in [-0.4, -0.2) is 29.9 Å². The molecule has 4 heteroatoms. The second kappa shape index (κ2) is 7.84. The van der Waals surface area contributed by atoms with Gasteiger partial charge in [-0.05, 0) is 24.3 Å². The second-order valence-corrected chi connectivity index (χ2v) is 1.92. The molecule has 70 valence electrons. The highest BCUT2D eigenvalue weighted by Crippen LogP contribution is 2.13. The summed E-state index contributed by atoms with van der Waals surface area (Å²) < 4.78 is 4.25. The van der Waals surface area contributed by atoms with E-state index in [0.717, 1.165) is 0 Å². The van der Waals surface area contributed by atoms with Gasteiger partial charge in [-0.2, -0.15) is 0 Å². The Morgan fingerprint density at radius 1 is 0.917 bits per heavy atom. The lowest BCUT2D eigenvalue weighted by atomic mass is 10.3. The van der Waals surface area contributed by atoms with Gasteiger partial charge in [-0.25, -0.2) is 0 Å². The zero-order valence-corrected chi connectivity index (χ0v) is 7.11. The Kier molecular flexibility index (Phi) is 8.72. The summed E-state index contributed by atoms with van der Waals surface area (Å²) in [7, 11) is 3.25. The molecule has 0 atom stereocenters. The van der Waals surface area contributed by atoms with Gasteiger partial charge < -0.3 is 20.4 Å². The van der Waals surface area contributed by atoms with Gasteiger partial charge in [0.1, 0.15) is 11.5 Å². The Morgan fingerprint density at radius 3 is 1.25 bits per heavy atom. The first-order valence-electron chi connectivity index (χ1n) is 3.09. The van der Waals surface area contributed by atoms with Crippen molar-refractivity contribution in [2.75, 3.05) is 14.2 Å². The molecule has 1 rings (SSSR count). The van der Waals surface area contributed by atoms with Crippen LogP contribution in [0.25, 0.3) is 0 Å². The minimum atomic E-state index is 0. The zero-order valence-electron chi connectivity index (χ0n) is 7.11. The summed E-state index contributed by atoms with van der Waals surface area (Å²) in [4.78, 5) is 0. The molecule has 0 aliphatic carbocycles. The number of phenols is 2. The maximum Gasteiger partial charge on any atom is 0.115 e. The van der Waals surface area contributed by atoms with Crippen molar-refractivity contribution >= 4 is 0 Å². The lowest BCUT2D eigenvalue weighted by molar-refractivity contribution is 0.277. The summed E-state index contributed by atoms with van der Waals surface area (Å²) in [6, 6.07) is 5.70. The minimum absolute atomic E-state index is 0. The Balaban J connectivity index is 0. The predicted molar refractivity (Wildman–Crippen MR) is 46.3 cm³/mol. The Morgan fingerprint density at radius 2 is 1.08 bits per heavy atom. The van der Waals surface area contributed by atoms with Crippen LogP contribution in [-0.2, 0) is 4.74 Å². The topological polar surface area (TPSA) is 81.2 Å². The van der Waals surface area contributed by atoms with Crippen LogP contribution in [0.15, 0.2) is 24.3 Å². The van der Waals surface area contributed by atoms with Gasteiger partial charge in [0.25, 0.3) is 0 Å². The average molecular weight is 174 g/mol. The molecule has 4 N–H and O–H groups in total. The van der Waals surface area contributed by atoms with Gasteiger partial charge in [0, 0.05) is 14.2 Å². The molecule has 0 aliphatic heterocycles. The smallest absolute Gasteiger partial charge is 0.115 e. The molecule has 0 aliphatic rings. The Labute approximate surface area is 71.3 Å². The van der Waals surface area contributed by atoms with E-state index >= 15 is 0 Å². The van der Waals surface area contributed by atoms with Gasteiger partial charge in [0.15, 0.2) is 0 Å². The number of methoxy groups -OCH3 is 1. The maximum absolute atomic E-state index is 8.65. The Hall–Kier alpha value is -1.26. The minimum Gasteiger partial charge on any atom is -0.508 e. The van der Waals surface area contributed by atoms with E-state index < -0.39 is 0 Å². The third-order valence-electron chi connectivity index (χ3n) is 0.850. The molecule has 0 radical (unpaired) electrons. The van der Waals surface area contributed by atoms with Crippen molar-refractivity contribution in [2.24, 2.45) is 0 Å². The fraction of sp³-hybridized carbons (Fsp3) is 0.250. The number of ether oxygens (including phenoxy) is 1. The fourth-order valence-corrected chi connectivity index (χ4v) is 0.453. The third-order valence-corrected chi connectivity index (χ3v) is 0.850. The van der Waals surface area contributed by atoms with Gasteiger partial charge in [-0.3, -0.25) is 0 Å².